The molecule has 0 radical (unpaired) electrons. The maximum absolute atomic E-state index is 11.3. The van der Waals surface area contributed by atoms with Gasteiger partial charge < -0.3 is 5.11 Å². The molecule has 0 aromatic heterocycles. The first-order chi connectivity index (χ1) is 13.1. The molecule has 1 saturated carbocycles. The van der Waals surface area contributed by atoms with Gasteiger partial charge in [0.2, 0.25) is 0 Å². The van der Waals surface area contributed by atoms with Gasteiger partial charge in [-0.25, -0.2) is 0 Å². The molecule has 1 saturated heterocycles. The van der Waals surface area contributed by atoms with Crippen LogP contribution in [0.1, 0.15) is 49.8 Å². The highest BCUT2D eigenvalue weighted by atomic mass is 32.2. The van der Waals surface area contributed by atoms with Gasteiger partial charge >= 0.3 is 0 Å². The van der Waals surface area contributed by atoms with Crippen LogP contribution in [0.15, 0.2) is 60.7 Å². The second kappa shape index (κ2) is 8.23. The summed E-state index contributed by atoms with van der Waals surface area (Å²) in [5.74, 6) is 4.49. The van der Waals surface area contributed by atoms with Crippen molar-refractivity contribution < 1.29 is 5.11 Å². The third kappa shape index (κ3) is 3.97. The predicted octanol–water partition coefficient (Wildman–Crippen LogP) is 6.36. The van der Waals surface area contributed by atoms with Gasteiger partial charge in [-0.3, -0.25) is 0 Å². The lowest BCUT2D eigenvalue weighted by Crippen LogP contribution is -2.31. The fraction of sp³-hybridized carbons (Fsp3) is 0.500. The van der Waals surface area contributed by atoms with E-state index in [0.717, 1.165) is 5.56 Å². The van der Waals surface area contributed by atoms with Crippen molar-refractivity contribution in [3.63, 3.8) is 0 Å². The molecule has 1 N–H and O–H groups in total. The molecule has 2 aliphatic rings. The van der Waals surface area contributed by atoms with E-state index in [1.54, 1.807) is 0 Å². The van der Waals surface area contributed by atoms with Crippen LogP contribution < -0.4 is 0 Å². The number of hydrogen-bond acceptors (Lipinski definition) is 3. The number of aliphatic hydroxyl groups excluding tert-OH is 1. The van der Waals surface area contributed by atoms with Crippen molar-refractivity contribution in [1.29, 1.82) is 0 Å². The summed E-state index contributed by atoms with van der Waals surface area (Å²) >= 11 is 4.35. The molecule has 1 nitrogen and oxygen atoms in total. The third-order valence-corrected chi connectivity index (χ3v) is 9.50. The molecule has 2 aromatic rings. The van der Waals surface area contributed by atoms with Gasteiger partial charge in [0, 0.05) is 5.92 Å². The van der Waals surface area contributed by atoms with Crippen LogP contribution in [0.25, 0.3) is 0 Å². The van der Waals surface area contributed by atoms with E-state index in [4.69, 9.17) is 0 Å². The molecule has 1 heterocycles. The molecular formula is C24H30OS2. The molecule has 0 amide bonds. The van der Waals surface area contributed by atoms with Crippen LogP contribution in [0.2, 0.25) is 0 Å². The largest absolute Gasteiger partial charge is 0.388 e. The van der Waals surface area contributed by atoms with E-state index in [2.05, 4.69) is 79.8 Å². The van der Waals surface area contributed by atoms with Crippen LogP contribution in [-0.2, 0) is 0 Å². The maximum Gasteiger partial charge on any atom is 0.0827 e. The second-order valence-electron chi connectivity index (χ2n) is 8.36. The van der Waals surface area contributed by atoms with Crippen LogP contribution in [-0.4, -0.2) is 20.7 Å². The van der Waals surface area contributed by atoms with Crippen molar-refractivity contribution in [2.24, 2.45) is 17.8 Å². The summed E-state index contributed by atoms with van der Waals surface area (Å²) in [5, 5.41) is 11.3. The summed E-state index contributed by atoms with van der Waals surface area (Å²) in [7, 11) is 0. The molecule has 0 unspecified atom stereocenters. The van der Waals surface area contributed by atoms with Gasteiger partial charge in [-0.2, -0.15) is 0 Å². The van der Waals surface area contributed by atoms with E-state index >= 15 is 0 Å². The first-order valence-corrected chi connectivity index (χ1v) is 12.2. The molecule has 27 heavy (non-hydrogen) atoms. The SMILES string of the molecule is CC(C)CC1([C@@H]2[C@@H](c3ccccc3)[C@@H]2[C@H](O)c2ccccc2)SCCCS1. The van der Waals surface area contributed by atoms with Gasteiger partial charge in [-0.05, 0) is 53.2 Å². The van der Waals surface area contributed by atoms with Crippen molar-refractivity contribution in [3.8, 4) is 0 Å². The minimum absolute atomic E-state index is 0.243. The van der Waals surface area contributed by atoms with Gasteiger partial charge in [-0.15, -0.1) is 23.5 Å². The molecule has 4 atom stereocenters. The highest BCUT2D eigenvalue weighted by Gasteiger charge is 2.64. The Kier molecular flexibility index (Phi) is 5.92. The Balaban J connectivity index is 1.69. The number of rotatable bonds is 6. The zero-order valence-corrected chi connectivity index (χ0v) is 17.9. The molecule has 1 aliphatic heterocycles. The molecule has 4 rings (SSSR count). The van der Waals surface area contributed by atoms with E-state index in [9.17, 15) is 5.11 Å². The van der Waals surface area contributed by atoms with Crippen LogP contribution in [0.3, 0.4) is 0 Å². The normalized spacial score (nSPS) is 28.1. The summed E-state index contributed by atoms with van der Waals surface area (Å²) in [6.45, 7) is 4.69. The number of benzene rings is 2. The predicted molar refractivity (Wildman–Crippen MR) is 119 cm³/mol. The van der Waals surface area contributed by atoms with Gasteiger partial charge in [-0.1, -0.05) is 74.5 Å². The maximum atomic E-state index is 11.3. The average molecular weight is 399 g/mol. The minimum Gasteiger partial charge on any atom is -0.388 e. The Labute approximate surface area is 172 Å². The Morgan fingerprint density at radius 1 is 0.963 bits per heavy atom. The van der Waals surface area contributed by atoms with Crippen LogP contribution in [0.5, 0.6) is 0 Å². The van der Waals surface area contributed by atoms with Crippen LogP contribution in [0, 0.1) is 17.8 Å². The lowest BCUT2D eigenvalue weighted by molar-refractivity contribution is 0.143. The zero-order valence-electron chi connectivity index (χ0n) is 16.3. The summed E-state index contributed by atoms with van der Waals surface area (Å²) in [4.78, 5) is 0. The molecular weight excluding hydrogens is 368 g/mol. The first-order valence-electron chi connectivity index (χ1n) is 10.2. The van der Waals surface area contributed by atoms with Crippen molar-refractivity contribution in [3.05, 3.63) is 71.8 Å². The van der Waals surface area contributed by atoms with Crippen LogP contribution in [0.4, 0.5) is 0 Å². The number of hydrogen-bond donors (Lipinski definition) is 1. The summed E-state index contributed by atoms with van der Waals surface area (Å²) in [6, 6.07) is 21.2. The van der Waals surface area contributed by atoms with Gasteiger partial charge in [0.15, 0.2) is 0 Å². The van der Waals surface area contributed by atoms with E-state index < -0.39 is 0 Å². The van der Waals surface area contributed by atoms with E-state index in [-0.39, 0.29) is 10.2 Å². The zero-order chi connectivity index (χ0) is 18.9. The molecule has 1 aliphatic carbocycles. The lowest BCUT2D eigenvalue weighted by Gasteiger charge is -2.39. The quantitative estimate of drug-likeness (QED) is 0.611. The highest BCUT2D eigenvalue weighted by Crippen LogP contribution is 2.71. The standard InChI is InChI=1S/C24H30OS2/c1-17(2)16-24(26-14-9-15-27-24)22-20(18-10-5-3-6-11-18)21(22)23(25)19-12-7-4-8-13-19/h3-8,10-13,17,20-23,25H,9,14-16H2,1-2H3/t20-,21-,22+,23+/m0/s1. The van der Waals surface area contributed by atoms with Crippen molar-refractivity contribution in [2.75, 3.05) is 11.5 Å². The van der Waals surface area contributed by atoms with E-state index in [0.29, 0.717) is 23.7 Å². The fourth-order valence-corrected chi connectivity index (χ4v) is 9.06. The minimum atomic E-state index is -0.381. The van der Waals surface area contributed by atoms with E-state index in [1.807, 2.05) is 18.2 Å². The topological polar surface area (TPSA) is 20.2 Å². The molecule has 2 fully saturated rings. The lowest BCUT2D eigenvalue weighted by atomic mass is 9.99. The van der Waals surface area contributed by atoms with Gasteiger partial charge in [0.05, 0.1) is 10.2 Å². The van der Waals surface area contributed by atoms with Crippen molar-refractivity contribution >= 4 is 23.5 Å². The number of thioether (sulfide) groups is 2. The third-order valence-electron chi connectivity index (χ3n) is 5.95. The number of aliphatic hydroxyl groups is 1. The Hall–Kier alpha value is -0.900. The summed E-state index contributed by atoms with van der Waals surface area (Å²) in [6.07, 6.45) is 2.16. The highest BCUT2D eigenvalue weighted by molar-refractivity contribution is 8.18. The molecule has 2 aromatic carbocycles. The Morgan fingerprint density at radius 2 is 1.56 bits per heavy atom. The molecule has 0 spiro atoms. The van der Waals surface area contributed by atoms with E-state index in [1.165, 1.54) is 29.9 Å². The van der Waals surface area contributed by atoms with Gasteiger partial charge in [0.25, 0.3) is 0 Å². The Bertz CT molecular complexity index is 725. The smallest absolute Gasteiger partial charge is 0.0827 e. The van der Waals surface area contributed by atoms with Crippen molar-refractivity contribution in [1.82, 2.24) is 0 Å². The Morgan fingerprint density at radius 3 is 2.15 bits per heavy atom. The molecule has 144 valence electrons. The van der Waals surface area contributed by atoms with Gasteiger partial charge in [0.1, 0.15) is 0 Å². The molecule has 3 heteroatoms. The second-order valence-corrected chi connectivity index (χ2v) is 11.5. The van der Waals surface area contributed by atoms with Crippen LogP contribution >= 0.6 is 23.5 Å². The fourth-order valence-electron chi connectivity index (χ4n) is 4.88. The first kappa shape index (κ1) is 19.4. The molecule has 0 bridgehead atoms. The summed E-state index contributed by atoms with van der Waals surface area (Å²) in [5.41, 5.74) is 2.47. The van der Waals surface area contributed by atoms with Crippen molar-refractivity contribution in [2.45, 2.75) is 42.8 Å². The average Bonchev–Trinajstić information content (AvgIpc) is 3.45. The summed E-state index contributed by atoms with van der Waals surface area (Å²) < 4.78 is 0.243. The monoisotopic (exact) mass is 398 g/mol.